The summed E-state index contributed by atoms with van der Waals surface area (Å²) in [4.78, 5) is 0. The van der Waals surface area contributed by atoms with Crippen LogP contribution in [0.2, 0.25) is 0 Å². The molecular weight excluding hydrogens is 267 g/mol. The third-order valence-electron chi connectivity index (χ3n) is 2.57. The van der Waals surface area contributed by atoms with Crippen LogP contribution in [0, 0.1) is 5.82 Å². The number of halogens is 2. The molecule has 1 aromatic rings. The molecule has 3 nitrogen and oxygen atoms in total. The number of hydrogen-bond acceptors (Lipinski definition) is 3. The third-order valence-corrected chi connectivity index (χ3v) is 3.19. The van der Waals surface area contributed by atoms with Crippen molar-refractivity contribution >= 4 is 15.9 Å². The molecule has 82 valence electrons. The maximum atomic E-state index is 13.7. The summed E-state index contributed by atoms with van der Waals surface area (Å²) < 4.78 is 18.9. The second-order valence-electron chi connectivity index (χ2n) is 3.63. The molecule has 0 aliphatic heterocycles. The third kappa shape index (κ3) is 1.59. The quantitative estimate of drug-likeness (QED) is 0.872. The lowest BCUT2D eigenvalue weighted by molar-refractivity contribution is 0.144. The average Bonchev–Trinajstić information content (AvgIpc) is 2.91. The van der Waals surface area contributed by atoms with Crippen molar-refractivity contribution in [2.24, 2.45) is 0 Å². The molecule has 5 heteroatoms. The Kier molecular flexibility index (Phi) is 2.39. The van der Waals surface area contributed by atoms with Gasteiger partial charge in [-0.25, -0.2) is 4.39 Å². The average molecular weight is 277 g/mol. The Hall–Kier alpha value is -0.810. The monoisotopic (exact) mass is 276 g/mol. The van der Waals surface area contributed by atoms with Crippen LogP contribution in [-0.2, 0) is 5.60 Å². The van der Waals surface area contributed by atoms with E-state index in [4.69, 9.17) is 4.74 Å². The minimum Gasteiger partial charge on any atom is -0.502 e. The molecule has 0 radical (unpaired) electrons. The molecule has 2 N–H and O–H groups in total. The Bertz CT molecular complexity index is 416. The Morgan fingerprint density at radius 2 is 2.13 bits per heavy atom. The van der Waals surface area contributed by atoms with Gasteiger partial charge in [0, 0.05) is 10.0 Å². The van der Waals surface area contributed by atoms with Crippen molar-refractivity contribution in [2.75, 3.05) is 7.11 Å². The topological polar surface area (TPSA) is 49.7 Å². The van der Waals surface area contributed by atoms with E-state index < -0.39 is 17.2 Å². The van der Waals surface area contributed by atoms with Crippen molar-refractivity contribution in [3.05, 3.63) is 21.9 Å². The van der Waals surface area contributed by atoms with E-state index in [2.05, 4.69) is 15.9 Å². The molecule has 1 saturated carbocycles. The lowest BCUT2D eigenvalue weighted by Gasteiger charge is -2.14. The highest BCUT2D eigenvalue weighted by Gasteiger charge is 2.46. The molecule has 1 aliphatic carbocycles. The van der Waals surface area contributed by atoms with Gasteiger partial charge in [-0.15, -0.1) is 0 Å². The fourth-order valence-electron chi connectivity index (χ4n) is 1.54. The molecule has 0 aromatic heterocycles. The Labute approximate surface area is 94.6 Å². The van der Waals surface area contributed by atoms with Gasteiger partial charge in [0.2, 0.25) is 0 Å². The smallest absolute Gasteiger partial charge is 0.194 e. The van der Waals surface area contributed by atoms with Crippen LogP contribution in [0.1, 0.15) is 18.4 Å². The number of rotatable bonds is 2. The first kappa shape index (κ1) is 10.7. The van der Waals surface area contributed by atoms with Crippen molar-refractivity contribution in [2.45, 2.75) is 18.4 Å². The molecule has 0 amide bonds. The maximum absolute atomic E-state index is 13.7. The van der Waals surface area contributed by atoms with Gasteiger partial charge >= 0.3 is 0 Å². The Balaban J connectivity index is 2.61. The molecule has 0 heterocycles. The van der Waals surface area contributed by atoms with E-state index in [1.165, 1.54) is 13.2 Å². The van der Waals surface area contributed by atoms with Crippen LogP contribution >= 0.6 is 15.9 Å². The number of phenolic OH excluding ortho intramolecular Hbond substituents is 1. The molecule has 0 bridgehead atoms. The van der Waals surface area contributed by atoms with Gasteiger partial charge in [0.15, 0.2) is 17.3 Å². The highest BCUT2D eigenvalue weighted by molar-refractivity contribution is 9.10. The molecule has 1 fully saturated rings. The SMILES string of the molecule is COc1cc(Br)c(C2(O)CC2)c(F)c1O. The van der Waals surface area contributed by atoms with Gasteiger partial charge in [0.1, 0.15) is 0 Å². The molecule has 0 spiro atoms. The summed E-state index contributed by atoms with van der Waals surface area (Å²) in [5.74, 6) is -1.33. The first-order valence-corrected chi connectivity index (χ1v) is 5.27. The van der Waals surface area contributed by atoms with Gasteiger partial charge in [-0.3, -0.25) is 0 Å². The van der Waals surface area contributed by atoms with Crippen molar-refractivity contribution in [1.82, 2.24) is 0 Å². The standard InChI is InChI=1S/C10H10BrFO3/c1-15-6-4-5(11)7(8(12)9(6)13)10(14)2-3-10/h4,13-14H,2-3H2,1H3. The van der Waals surface area contributed by atoms with Gasteiger partial charge in [-0.1, -0.05) is 15.9 Å². The minimum atomic E-state index is -1.13. The van der Waals surface area contributed by atoms with E-state index in [-0.39, 0.29) is 11.3 Å². The van der Waals surface area contributed by atoms with Gasteiger partial charge in [-0.05, 0) is 18.9 Å². The van der Waals surface area contributed by atoms with Crippen LogP contribution in [0.15, 0.2) is 10.5 Å². The lowest BCUT2D eigenvalue weighted by atomic mass is 10.1. The molecule has 1 aliphatic rings. The number of ether oxygens (including phenoxy) is 1. The number of phenols is 1. The van der Waals surface area contributed by atoms with Crippen LogP contribution in [-0.4, -0.2) is 17.3 Å². The predicted molar refractivity (Wildman–Crippen MR) is 55.4 cm³/mol. The second kappa shape index (κ2) is 3.35. The molecule has 0 saturated heterocycles. The van der Waals surface area contributed by atoms with E-state index in [1.807, 2.05) is 0 Å². The molecule has 1 aromatic carbocycles. The summed E-state index contributed by atoms with van der Waals surface area (Å²) in [6.07, 6.45) is 1.02. The number of benzene rings is 1. The number of methoxy groups -OCH3 is 1. The Morgan fingerprint density at radius 1 is 1.53 bits per heavy atom. The summed E-state index contributed by atoms with van der Waals surface area (Å²) in [6.45, 7) is 0. The zero-order valence-corrected chi connectivity index (χ0v) is 9.64. The first-order valence-electron chi connectivity index (χ1n) is 4.47. The van der Waals surface area contributed by atoms with Gasteiger partial charge in [0.25, 0.3) is 0 Å². The zero-order valence-electron chi connectivity index (χ0n) is 8.05. The normalized spacial score (nSPS) is 17.6. The summed E-state index contributed by atoms with van der Waals surface area (Å²) in [5.41, 5.74) is -1.02. The molecule has 15 heavy (non-hydrogen) atoms. The summed E-state index contributed by atoms with van der Waals surface area (Å²) in [6, 6.07) is 1.45. The fraction of sp³-hybridized carbons (Fsp3) is 0.400. The van der Waals surface area contributed by atoms with E-state index in [1.54, 1.807) is 0 Å². The number of aromatic hydroxyl groups is 1. The Morgan fingerprint density at radius 3 is 2.60 bits per heavy atom. The fourth-order valence-corrected chi connectivity index (χ4v) is 2.29. The molecule has 2 rings (SSSR count). The van der Waals surface area contributed by atoms with Gasteiger partial charge < -0.3 is 14.9 Å². The van der Waals surface area contributed by atoms with Gasteiger partial charge in [-0.2, -0.15) is 0 Å². The van der Waals surface area contributed by atoms with Crippen molar-refractivity contribution in [3.63, 3.8) is 0 Å². The van der Waals surface area contributed by atoms with Crippen LogP contribution in [0.25, 0.3) is 0 Å². The van der Waals surface area contributed by atoms with Crippen molar-refractivity contribution < 1.29 is 19.3 Å². The lowest BCUT2D eigenvalue weighted by Crippen LogP contribution is -2.09. The minimum absolute atomic E-state index is 0.0485. The number of aliphatic hydroxyl groups is 1. The van der Waals surface area contributed by atoms with Gasteiger partial charge in [0.05, 0.1) is 12.7 Å². The summed E-state index contributed by atoms with van der Waals surface area (Å²) in [7, 11) is 1.34. The predicted octanol–water partition coefficient (Wildman–Crippen LogP) is 2.28. The summed E-state index contributed by atoms with van der Waals surface area (Å²) in [5, 5.41) is 19.3. The van der Waals surface area contributed by atoms with Crippen LogP contribution in [0.3, 0.4) is 0 Å². The molecule has 0 unspecified atom stereocenters. The van der Waals surface area contributed by atoms with Crippen molar-refractivity contribution in [1.29, 1.82) is 0 Å². The second-order valence-corrected chi connectivity index (χ2v) is 4.48. The van der Waals surface area contributed by atoms with E-state index in [0.717, 1.165) is 0 Å². The van der Waals surface area contributed by atoms with Crippen LogP contribution in [0.5, 0.6) is 11.5 Å². The highest BCUT2D eigenvalue weighted by Crippen LogP contribution is 2.51. The first-order chi connectivity index (χ1) is 6.99. The van der Waals surface area contributed by atoms with Crippen molar-refractivity contribution in [3.8, 4) is 11.5 Å². The maximum Gasteiger partial charge on any atom is 0.194 e. The van der Waals surface area contributed by atoms with E-state index in [9.17, 15) is 14.6 Å². The number of hydrogen-bond donors (Lipinski definition) is 2. The van der Waals surface area contributed by atoms with Crippen LogP contribution in [0.4, 0.5) is 4.39 Å². The molecule has 0 atom stereocenters. The highest BCUT2D eigenvalue weighted by atomic mass is 79.9. The van der Waals surface area contributed by atoms with E-state index in [0.29, 0.717) is 17.3 Å². The van der Waals surface area contributed by atoms with Crippen LogP contribution < -0.4 is 4.74 Å². The largest absolute Gasteiger partial charge is 0.502 e. The zero-order chi connectivity index (χ0) is 11.2. The molecular formula is C10H10BrFO3. The summed E-state index contributed by atoms with van der Waals surface area (Å²) >= 11 is 3.16. The van der Waals surface area contributed by atoms with E-state index >= 15 is 0 Å².